The predicted molar refractivity (Wildman–Crippen MR) is 167 cm³/mol. The van der Waals surface area contributed by atoms with E-state index in [1.807, 2.05) is 30.6 Å². The summed E-state index contributed by atoms with van der Waals surface area (Å²) in [5.74, 6) is 0. The fourth-order valence-corrected chi connectivity index (χ4v) is 5.93. The van der Waals surface area contributed by atoms with Gasteiger partial charge in [-0.3, -0.25) is 0 Å². The molecule has 1 aliphatic heterocycles. The summed E-state index contributed by atoms with van der Waals surface area (Å²) < 4.78 is 5.52. The van der Waals surface area contributed by atoms with E-state index in [0.717, 1.165) is 27.5 Å². The number of benzene rings is 3. The van der Waals surface area contributed by atoms with Gasteiger partial charge in [-0.15, -0.1) is 46.8 Å². The molecule has 0 spiro atoms. The van der Waals surface area contributed by atoms with Crippen LogP contribution in [0.4, 0.5) is 17.1 Å². The number of aromatic nitrogens is 2. The van der Waals surface area contributed by atoms with Crippen LogP contribution in [-0.2, 0) is 20.1 Å². The monoisotopic (exact) mass is 731 g/mol. The average molecular weight is 731 g/mol. The van der Waals surface area contributed by atoms with Crippen molar-refractivity contribution < 1.29 is 24.7 Å². The van der Waals surface area contributed by atoms with Crippen LogP contribution in [0.2, 0.25) is 0 Å². The molecule has 6 heteroatoms. The van der Waals surface area contributed by atoms with Gasteiger partial charge in [-0.05, 0) is 55.1 Å². The third kappa shape index (κ3) is 5.57. The van der Waals surface area contributed by atoms with Crippen molar-refractivity contribution in [2.24, 2.45) is 0 Å². The van der Waals surface area contributed by atoms with E-state index in [2.05, 4.69) is 126 Å². The number of fused-ring (bicyclic) bond motifs is 4. The van der Waals surface area contributed by atoms with Crippen molar-refractivity contribution in [1.82, 2.24) is 14.5 Å². The zero-order chi connectivity index (χ0) is 27.8. The van der Waals surface area contributed by atoms with Gasteiger partial charge >= 0.3 is 6.01 Å². The van der Waals surface area contributed by atoms with E-state index in [1.165, 1.54) is 37.9 Å². The first-order chi connectivity index (χ1) is 19.4. The van der Waals surface area contributed by atoms with E-state index in [9.17, 15) is 0 Å². The van der Waals surface area contributed by atoms with Crippen LogP contribution in [0.15, 0.2) is 85.2 Å². The smallest absolute Gasteiger partial charge is 0.304 e. The Morgan fingerprint density at radius 3 is 2.39 bits per heavy atom. The van der Waals surface area contributed by atoms with Gasteiger partial charge in [0.2, 0.25) is 0 Å². The summed E-state index contributed by atoms with van der Waals surface area (Å²) in [6.45, 7) is 10.6. The normalized spacial score (nSPS) is 12.0. The van der Waals surface area contributed by atoms with Crippen LogP contribution < -0.4 is 4.58 Å². The maximum atomic E-state index is 4.53. The molecule has 7 rings (SSSR count). The third-order valence-electron chi connectivity index (χ3n) is 7.14. The molecule has 4 heterocycles. The van der Waals surface area contributed by atoms with Crippen molar-refractivity contribution in [2.75, 3.05) is 0 Å². The van der Waals surface area contributed by atoms with Gasteiger partial charge in [-0.2, -0.15) is 23.5 Å². The Labute approximate surface area is 258 Å². The summed E-state index contributed by atoms with van der Waals surface area (Å²) in [5.41, 5.74) is 9.15. The molecular formula is C35H30IrN4S. The second kappa shape index (κ2) is 12.0. The molecule has 0 unspecified atom stereocenters. The molecule has 0 saturated heterocycles. The van der Waals surface area contributed by atoms with Crippen LogP contribution in [0.1, 0.15) is 30.5 Å². The average Bonchev–Trinajstić information content (AvgIpc) is 3.55. The molecule has 1 aliphatic rings. The van der Waals surface area contributed by atoms with Gasteiger partial charge in [0.25, 0.3) is 11.4 Å². The van der Waals surface area contributed by atoms with E-state index in [0.29, 0.717) is 6.04 Å². The predicted octanol–water partition coefficient (Wildman–Crippen LogP) is 8.80. The number of hydrogen-bond acceptors (Lipinski definition) is 3. The van der Waals surface area contributed by atoms with Gasteiger partial charge in [0.1, 0.15) is 10.5 Å². The zero-order valence-corrected chi connectivity index (χ0v) is 26.9. The van der Waals surface area contributed by atoms with Crippen molar-refractivity contribution in [1.29, 1.82) is 0 Å². The van der Waals surface area contributed by atoms with Crippen LogP contribution >= 0.6 is 11.3 Å². The Morgan fingerprint density at radius 2 is 1.66 bits per heavy atom. The number of rotatable bonds is 3. The summed E-state index contributed by atoms with van der Waals surface area (Å²) in [5, 5.41) is 2.43. The molecule has 6 aromatic rings. The molecule has 3 aromatic carbocycles. The minimum atomic E-state index is 0. The van der Waals surface area contributed by atoms with E-state index in [1.54, 1.807) is 11.3 Å². The van der Waals surface area contributed by atoms with Gasteiger partial charge in [-0.25, -0.2) is 4.98 Å². The number of hydrogen-bond donors (Lipinski definition) is 0. The zero-order valence-electron chi connectivity index (χ0n) is 23.7. The Morgan fingerprint density at radius 1 is 0.854 bits per heavy atom. The van der Waals surface area contributed by atoms with Gasteiger partial charge in [0.15, 0.2) is 6.04 Å². The molecule has 0 amide bonds. The first-order valence-corrected chi connectivity index (χ1v) is 14.3. The SMILES string of the molecule is CC(C)[N+]1=C=[N+](c2[c-]ccc3c2sc2ncccc23)c2ccccc21.Cc1c[c-]c(-c2cc(C)c(C)cn2)cc1.[Ir]. The quantitative estimate of drug-likeness (QED) is 0.135. The van der Waals surface area contributed by atoms with E-state index in [-0.39, 0.29) is 20.1 Å². The molecule has 1 radical (unpaired) electrons. The molecule has 0 bridgehead atoms. The molecule has 3 aromatic heterocycles. The van der Waals surface area contributed by atoms with Crippen molar-refractivity contribution in [3.63, 3.8) is 0 Å². The Bertz CT molecular complexity index is 1950. The Balaban J connectivity index is 0.000000182. The third-order valence-corrected chi connectivity index (χ3v) is 8.27. The summed E-state index contributed by atoms with van der Waals surface area (Å²) in [6, 6.07) is 35.5. The summed E-state index contributed by atoms with van der Waals surface area (Å²) in [6.07, 6.45) is 3.77. The number of thiophene rings is 1. The van der Waals surface area contributed by atoms with Gasteiger partial charge in [0, 0.05) is 44.6 Å². The Hall–Kier alpha value is -3.79. The fourth-order valence-electron chi connectivity index (χ4n) is 4.80. The first-order valence-electron chi connectivity index (χ1n) is 13.5. The topological polar surface area (TPSA) is 31.8 Å². The second-order valence-electron chi connectivity index (χ2n) is 10.3. The maximum Gasteiger partial charge on any atom is 0.494 e. The molecule has 0 fully saturated rings. The van der Waals surface area contributed by atoms with Crippen molar-refractivity contribution in [3.05, 3.63) is 114 Å². The van der Waals surface area contributed by atoms with Gasteiger partial charge in [-0.1, -0.05) is 45.9 Å². The van der Waals surface area contributed by atoms with Crippen LogP contribution in [0.25, 0.3) is 31.6 Å². The van der Waals surface area contributed by atoms with Crippen LogP contribution in [0, 0.1) is 32.9 Å². The molecule has 0 atom stereocenters. The van der Waals surface area contributed by atoms with Crippen LogP contribution in [-0.4, -0.2) is 26.6 Å². The van der Waals surface area contributed by atoms with Gasteiger partial charge in [0.05, 0.1) is 0 Å². The Kier molecular flexibility index (Phi) is 8.39. The van der Waals surface area contributed by atoms with Crippen molar-refractivity contribution >= 4 is 54.7 Å². The maximum absolute atomic E-state index is 4.53. The number of para-hydroxylation sites is 2. The molecular weight excluding hydrogens is 701 g/mol. The van der Waals surface area contributed by atoms with Crippen molar-refractivity contribution in [3.8, 4) is 11.3 Å². The number of aryl methyl sites for hydroxylation is 3. The molecule has 205 valence electrons. The second-order valence-corrected chi connectivity index (χ2v) is 11.3. The first kappa shape index (κ1) is 28.7. The molecule has 0 saturated carbocycles. The molecule has 4 nitrogen and oxygen atoms in total. The van der Waals surface area contributed by atoms with Crippen LogP contribution in [0.5, 0.6) is 0 Å². The largest absolute Gasteiger partial charge is 0.494 e. The fraction of sp³-hybridized carbons (Fsp3) is 0.171. The number of pyridine rings is 2. The minimum Gasteiger partial charge on any atom is -0.304 e. The van der Waals surface area contributed by atoms with E-state index >= 15 is 0 Å². The molecule has 0 N–H and O–H groups in total. The molecule has 41 heavy (non-hydrogen) atoms. The van der Waals surface area contributed by atoms with Crippen molar-refractivity contribution in [2.45, 2.75) is 40.7 Å². The standard InChI is InChI=1S/C21H16N3S.C14H14N.Ir/c1-14(2)23-13-24(18-10-4-3-9-17(18)23)19-11-5-7-15-16-8-6-12-22-21(16)25-20(15)19;1-10-4-6-13(7-5-10)14-8-11(2)12(3)9-15-14;/h3-10,12,14H,1-2H3;4-6,8-9H,1-3H3;/q+1;-1;. The minimum absolute atomic E-state index is 0. The summed E-state index contributed by atoms with van der Waals surface area (Å²) in [4.78, 5) is 10.00. The number of nitrogens with zero attached hydrogens (tertiary/aromatic N) is 4. The summed E-state index contributed by atoms with van der Waals surface area (Å²) in [7, 11) is 0. The van der Waals surface area contributed by atoms with E-state index in [4.69, 9.17) is 0 Å². The summed E-state index contributed by atoms with van der Waals surface area (Å²) >= 11 is 1.72. The van der Waals surface area contributed by atoms with Gasteiger partial charge < -0.3 is 4.98 Å². The van der Waals surface area contributed by atoms with Crippen LogP contribution in [0.3, 0.4) is 0 Å². The van der Waals surface area contributed by atoms with E-state index < -0.39 is 0 Å². The molecule has 0 aliphatic carbocycles.